The Bertz CT molecular complexity index is 619. The zero-order valence-electron chi connectivity index (χ0n) is 8.85. The largest absolute Gasteiger partial charge is 0.481 e. The van der Waals surface area contributed by atoms with E-state index in [1.165, 1.54) is 0 Å². The van der Waals surface area contributed by atoms with Crippen LogP contribution in [-0.4, -0.2) is 11.1 Å². The van der Waals surface area contributed by atoms with Crippen molar-refractivity contribution in [1.29, 1.82) is 0 Å². The fourth-order valence-corrected chi connectivity index (χ4v) is 2.63. The van der Waals surface area contributed by atoms with E-state index < -0.39 is 11.9 Å². The molecule has 0 bridgehead atoms. The minimum atomic E-state index is -0.835. The molecule has 2 nitrogen and oxygen atoms in total. The van der Waals surface area contributed by atoms with Crippen LogP contribution >= 0.6 is 11.6 Å². The first kappa shape index (κ1) is 10.4. The first-order valence-electron chi connectivity index (χ1n) is 5.30. The lowest BCUT2D eigenvalue weighted by molar-refractivity contribution is -0.137. The molecular weight excluding hydrogens is 236 g/mol. The molecule has 2 aromatic rings. The second-order valence-electron chi connectivity index (χ2n) is 4.09. The van der Waals surface area contributed by atoms with Crippen LogP contribution in [0.1, 0.15) is 17.0 Å². The summed E-state index contributed by atoms with van der Waals surface area (Å²) < 4.78 is 0. The van der Waals surface area contributed by atoms with Crippen LogP contribution in [0.15, 0.2) is 42.5 Å². The summed E-state index contributed by atoms with van der Waals surface area (Å²) in [5.41, 5.74) is 3.59. The van der Waals surface area contributed by atoms with E-state index in [0.717, 1.165) is 22.3 Å². The Hall–Kier alpha value is -1.80. The number of fused-ring (bicyclic) bond motifs is 3. The van der Waals surface area contributed by atoms with Gasteiger partial charge in [0.05, 0.1) is 0 Å². The molecule has 17 heavy (non-hydrogen) atoms. The van der Waals surface area contributed by atoms with Gasteiger partial charge in [0.2, 0.25) is 0 Å². The average Bonchev–Trinajstić information content (AvgIpc) is 2.62. The molecule has 1 N–H and O–H groups in total. The fraction of sp³-hybridized carbons (Fsp3) is 0.0714. The second-order valence-corrected chi connectivity index (χ2v) is 4.53. The SMILES string of the molecule is O=C(O)C1c2ccccc2-c2ccc(Cl)cc21. The van der Waals surface area contributed by atoms with Crippen molar-refractivity contribution in [2.24, 2.45) is 0 Å². The third-order valence-corrected chi connectivity index (χ3v) is 3.37. The zero-order valence-corrected chi connectivity index (χ0v) is 9.61. The number of carboxylic acid groups (broad SMARTS) is 1. The molecule has 0 radical (unpaired) electrons. The number of halogens is 1. The van der Waals surface area contributed by atoms with Gasteiger partial charge in [-0.25, -0.2) is 0 Å². The molecule has 84 valence electrons. The molecule has 2 aromatic carbocycles. The van der Waals surface area contributed by atoms with Crippen molar-refractivity contribution in [3.8, 4) is 11.1 Å². The molecule has 3 rings (SSSR count). The Labute approximate surface area is 103 Å². The number of hydrogen-bond acceptors (Lipinski definition) is 1. The maximum absolute atomic E-state index is 11.4. The van der Waals surface area contributed by atoms with Crippen molar-refractivity contribution in [3.63, 3.8) is 0 Å². The summed E-state index contributed by atoms with van der Waals surface area (Å²) in [7, 11) is 0. The van der Waals surface area contributed by atoms with Crippen LogP contribution in [0.5, 0.6) is 0 Å². The highest BCUT2D eigenvalue weighted by Gasteiger charge is 2.33. The molecule has 1 atom stereocenters. The van der Waals surface area contributed by atoms with E-state index in [4.69, 9.17) is 11.6 Å². The molecule has 0 spiro atoms. The van der Waals surface area contributed by atoms with Gasteiger partial charge in [0, 0.05) is 5.02 Å². The predicted octanol–water partition coefficient (Wildman–Crippen LogP) is 3.54. The molecule has 0 saturated carbocycles. The van der Waals surface area contributed by atoms with E-state index in [0.29, 0.717) is 5.02 Å². The molecule has 1 aliphatic carbocycles. The summed E-state index contributed by atoms with van der Waals surface area (Å²) >= 11 is 5.94. The summed E-state index contributed by atoms with van der Waals surface area (Å²) in [6.45, 7) is 0. The quantitative estimate of drug-likeness (QED) is 0.833. The molecule has 0 aromatic heterocycles. The van der Waals surface area contributed by atoms with Crippen molar-refractivity contribution in [1.82, 2.24) is 0 Å². The number of benzene rings is 2. The molecule has 0 heterocycles. The number of carboxylic acids is 1. The van der Waals surface area contributed by atoms with Crippen LogP contribution in [0.2, 0.25) is 5.02 Å². The van der Waals surface area contributed by atoms with Gasteiger partial charge in [-0.05, 0) is 34.4 Å². The minimum Gasteiger partial charge on any atom is -0.481 e. The Morgan fingerprint density at radius 3 is 2.53 bits per heavy atom. The summed E-state index contributed by atoms with van der Waals surface area (Å²) in [6.07, 6.45) is 0. The normalized spacial score (nSPS) is 16.4. The van der Waals surface area contributed by atoms with E-state index >= 15 is 0 Å². The van der Waals surface area contributed by atoms with E-state index in [9.17, 15) is 9.90 Å². The van der Waals surface area contributed by atoms with Crippen LogP contribution in [0.3, 0.4) is 0 Å². The van der Waals surface area contributed by atoms with Crippen LogP contribution in [-0.2, 0) is 4.79 Å². The lowest BCUT2D eigenvalue weighted by atomic mass is 9.97. The first-order chi connectivity index (χ1) is 8.18. The third kappa shape index (κ3) is 1.45. The summed E-state index contributed by atoms with van der Waals surface area (Å²) in [6, 6.07) is 13.0. The Kier molecular flexibility index (Phi) is 2.20. The van der Waals surface area contributed by atoms with Crippen molar-refractivity contribution in [2.45, 2.75) is 5.92 Å². The molecule has 0 amide bonds. The summed E-state index contributed by atoms with van der Waals surface area (Å²) in [5.74, 6) is -1.43. The molecule has 0 saturated heterocycles. The predicted molar refractivity (Wildman–Crippen MR) is 66.4 cm³/mol. The maximum Gasteiger partial charge on any atom is 0.315 e. The average molecular weight is 245 g/mol. The smallest absolute Gasteiger partial charge is 0.315 e. The summed E-state index contributed by atoms with van der Waals surface area (Å²) in [4.78, 5) is 11.4. The third-order valence-electron chi connectivity index (χ3n) is 3.13. The van der Waals surface area contributed by atoms with Crippen molar-refractivity contribution in [2.75, 3.05) is 0 Å². The fourth-order valence-electron chi connectivity index (χ4n) is 2.45. The Balaban J connectivity index is 2.33. The molecule has 1 unspecified atom stereocenters. The van der Waals surface area contributed by atoms with Gasteiger partial charge in [0.1, 0.15) is 5.92 Å². The van der Waals surface area contributed by atoms with E-state index in [1.54, 1.807) is 12.1 Å². The van der Waals surface area contributed by atoms with Crippen LogP contribution in [0.25, 0.3) is 11.1 Å². The first-order valence-corrected chi connectivity index (χ1v) is 5.68. The van der Waals surface area contributed by atoms with Crippen molar-refractivity contribution >= 4 is 17.6 Å². The van der Waals surface area contributed by atoms with Gasteiger partial charge < -0.3 is 5.11 Å². The molecular formula is C14H9ClO2. The van der Waals surface area contributed by atoms with E-state index in [2.05, 4.69) is 0 Å². The molecule has 0 aliphatic heterocycles. The molecule has 3 heteroatoms. The summed E-state index contributed by atoms with van der Waals surface area (Å²) in [5, 5.41) is 9.93. The highest BCUT2D eigenvalue weighted by molar-refractivity contribution is 6.30. The van der Waals surface area contributed by atoms with E-state index in [-0.39, 0.29) is 0 Å². The Morgan fingerprint density at radius 1 is 1.06 bits per heavy atom. The van der Waals surface area contributed by atoms with Gasteiger partial charge in [-0.15, -0.1) is 0 Å². The Morgan fingerprint density at radius 2 is 1.76 bits per heavy atom. The van der Waals surface area contributed by atoms with Crippen LogP contribution in [0.4, 0.5) is 0 Å². The van der Waals surface area contributed by atoms with Gasteiger partial charge in [-0.2, -0.15) is 0 Å². The topological polar surface area (TPSA) is 37.3 Å². The maximum atomic E-state index is 11.4. The minimum absolute atomic E-state index is 0.572. The lowest BCUT2D eigenvalue weighted by Crippen LogP contribution is -2.09. The van der Waals surface area contributed by atoms with E-state index in [1.807, 2.05) is 30.3 Å². The van der Waals surface area contributed by atoms with Gasteiger partial charge in [-0.3, -0.25) is 4.79 Å². The van der Waals surface area contributed by atoms with Crippen molar-refractivity contribution < 1.29 is 9.90 Å². The number of hydrogen-bond donors (Lipinski definition) is 1. The second kappa shape index (κ2) is 3.60. The van der Waals surface area contributed by atoms with Gasteiger partial charge in [0.15, 0.2) is 0 Å². The van der Waals surface area contributed by atoms with Gasteiger partial charge in [-0.1, -0.05) is 41.9 Å². The number of carbonyl (C=O) groups is 1. The van der Waals surface area contributed by atoms with Gasteiger partial charge >= 0.3 is 5.97 Å². The molecule has 1 aliphatic rings. The lowest BCUT2D eigenvalue weighted by Gasteiger charge is -2.07. The van der Waals surface area contributed by atoms with Crippen LogP contribution < -0.4 is 0 Å². The van der Waals surface area contributed by atoms with Crippen molar-refractivity contribution in [3.05, 3.63) is 58.6 Å². The highest BCUT2D eigenvalue weighted by Crippen LogP contribution is 2.45. The van der Waals surface area contributed by atoms with Crippen LogP contribution in [0, 0.1) is 0 Å². The van der Waals surface area contributed by atoms with Gasteiger partial charge in [0.25, 0.3) is 0 Å². The zero-order chi connectivity index (χ0) is 12.0. The highest BCUT2D eigenvalue weighted by atomic mass is 35.5. The monoisotopic (exact) mass is 244 g/mol. The number of aliphatic carboxylic acids is 1. The molecule has 0 fully saturated rings. The standard InChI is InChI=1S/C14H9ClO2/c15-8-5-6-10-9-3-1-2-4-11(9)13(14(16)17)12(10)7-8/h1-7,13H,(H,16,17). The number of rotatable bonds is 1.